The highest BCUT2D eigenvalue weighted by Crippen LogP contribution is 2.20. The number of benzene rings is 1. The fourth-order valence-electron chi connectivity index (χ4n) is 2.18. The van der Waals surface area contributed by atoms with Crippen LogP contribution in [-0.4, -0.2) is 15.1 Å². The zero-order chi connectivity index (χ0) is 13.0. The molecule has 18 heavy (non-hydrogen) atoms. The molecule has 0 aliphatic rings. The summed E-state index contributed by atoms with van der Waals surface area (Å²) in [6.45, 7) is 6.62. The lowest BCUT2D eigenvalue weighted by Gasteiger charge is -2.26. The number of hydrogen-bond donors (Lipinski definition) is 1. The van der Waals surface area contributed by atoms with E-state index in [1.807, 2.05) is 30.6 Å². The summed E-state index contributed by atoms with van der Waals surface area (Å²) in [5, 5.41) is 3.52. The highest BCUT2D eigenvalue weighted by atomic mass is 15.2. The normalized spacial score (nSPS) is 11.5. The van der Waals surface area contributed by atoms with Gasteiger partial charge in [0.25, 0.3) is 0 Å². The number of imidazole rings is 1. The lowest BCUT2D eigenvalue weighted by molar-refractivity contribution is 0.506. The van der Waals surface area contributed by atoms with Crippen molar-refractivity contribution < 1.29 is 0 Å². The van der Waals surface area contributed by atoms with Gasteiger partial charge in [0, 0.05) is 23.6 Å². The molecule has 0 saturated heterocycles. The Kier molecular flexibility index (Phi) is 3.70. The summed E-state index contributed by atoms with van der Waals surface area (Å²) in [6.07, 6.45) is 6.09. The Labute approximate surface area is 109 Å². The lowest BCUT2D eigenvalue weighted by Crippen LogP contribution is -2.31. The van der Waals surface area contributed by atoms with Crippen LogP contribution in [-0.2, 0) is 0 Å². The third-order valence-electron chi connectivity index (χ3n) is 3.00. The molecule has 0 aliphatic heterocycles. The second kappa shape index (κ2) is 5.25. The van der Waals surface area contributed by atoms with Gasteiger partial charge >= 0.3 is 0 Å². The largest absolute Gasteiger partial charge is 0.350 e. The SMILES string of the molecule is CCCC(C)(C)Nc1nccn1-c1ccccc1. The van der Waals surface area contributed by atoms with E-state index in [9.17, 15) is 0 Å². The van der Waals surface area contributed by atoms with Crippen molar-refractivity contribution in [1.29, 1.82) is 0 Å². The van der Waals surface area contributed by atoms with Gasteiger partial charge in [0.05, 0.1) is 0 Å². The Balaban J connectivity index is 2.24. The van der Waals surface area contributed by atoms with Gasteiger partial charge in [-0.25, -0.2) is 4.98 Å². The summed E-state index contributed by atoms with van der Waals surface area (Å²) in [5.74, 6) is 0.902. The van der Waals surface area contributed by atoms with Crippen molar-refractivity contribution in [3.63, 3.8) is 0 Å². The molecule has 0 aliphatic carbocycles. The van der Waals surface area contributed by atoms with Crippen LogP contribution in [0.25, 0.3) is 5.69 Å². The Morgan fingerprint density at radius 3 is 2.61 bits per heavy atom. The summed E-state index contributed by atoms with van der Waals surface area (Å²) in [7, 11) is 0. The lowest BCUT2D eigenvalue weighted by atomic mass is 9.99. The van der Waals surface area contributed by atoms with Crippen LogP contribution < -0.4 is 5.32 Å². The van der Waals surface area contributed by atoms with E-state index in [1.165, 1.54) is 0 Å². The van der Waals surface area contributed by atoms with Crippen LogP contribution in [0, 0.1) is 0 Å². The maximum absolute atomic E-state index is 4.41. The molecule has 0 unspecified atom stereocenters. The number of hydrogen-bond acceptors (Lipinski definition) is 2. The van der Waals surface area contributed by atoms with E-state index >= 15 is 0 Å². The van der Waals surface area contributed by atoms with Crippen LogP contribution in [0.5, 0.6) is 0 Å². The van der Waals surface area contributed by atoms with Crippen LogP contribution in [0.1, 0.15) is 33.6 Å². The molecular formula is C15H21N3. The number of rotatable bonds is 5. The summed E-state index contributed by atoms with van der Waals surface area (Å²) in [6, 6.07) is 10.3. The molecule has 0 atom stereocenters. The number of nitrogens with one attached hydrogen (secondary N) is 1. The Morgan fingerprint density at radius 2 is 1.94 bits per heavy atom. The molecule has 0 amide bonds. The second-order valence-electron chi connectivity index (χ2n) is 5.22. The summed E-state index contributed by atoms with van der Waals surface area (Å²) >= 11 is 0. The zero-order valence-electron chi connectivity index (χ0n) is 11.4. The van der Waals surface area contributed by atoms with Crippen LogP contribution in [0.2, 0.25) is 0 Å². The maximum Gasteiger partial charge on any atom is 0.207 e. The van der Waals surface area contributed by atoms with Gasteiger partial charge in [0.2, 0.25) is 5.95 Å². The first-order chi connectivity index (χ1) is 8.62. The van der Waals surface area contributed by atoms with Crippen molar-refractivity contribution in [3.05, 3.63) is 42.7 Å². The predicted molar refractivity (Wildman–Crippen MR) is 76.2 cm³/mol. The van der Waals surface area contributed by atoms with Gasteiger partial charge in [-0.15, -0.1) is 0 Å². The van der Waals surface area contributed by atoms with Crippen molar-refractivity contribution in [2.75, 3.05) is 5.32 Å². The van der Waals surface area contributed by atoms with Crippen LogP contribution in [0.4, 0.5) is 5.95 Å². The van der Waals surface area contributed by atoms with E-state index in [0.717, 1.165) is 24.5 Å². The van der Waals surface area contributed by atoms with Gasteiger partial charge in [-0.3, -0.25) is 4.57 Å². The van der Waals surface area contributed by atoms with Gasteiger partial charge in [-0.1, -0.05) is 31.5 Å². The monoisotopic (exact) mass is 243 g/mol. The van der Waals surface area contributed by atoms with E-state index in [1.54, 1.807) is 0 Å². The summed E-state index contributed by atoms with van der Waals surface area (Å²) < 4.78 is 2.08. The van der Waals surface area contributed by atoms with Crippen molar-refractivity contribution in [2.45, 2.75) is 39.2 Å². The fraction of sp³-hybridized carbons (Fsp3) is 0.400. The molecule has 1 N–H and O–H groups in total. The third-order valence-corrected chi connectivity index (χ3v) is 3.00. The molecule has 1 aromatic heterocycles. The number of anilines is 1. The van der Waals surface area contributed by atoms with Gasteiger partial charge in [0.1, 0.15) is 0 Å². The van der Waals surface area contributed by atoms with E-state index < -0.39 is 0 Å². The molecule has 0 bridgehead atoms. The maximum atomic E-state index is 4.41. The standard InChI is InChI=1S/C15H21N3/c1-4-10-15(2,3)17-14-16-11-12-18(14)13-8-6-5-7-9-13/h5-9,11-12H,4,10H2,1-3H3,(H,16,17). The topological polar surface area (TPSA) is 29.9 Å². The van der Waals surface area contributed by atoms with Crippen molar-refractivity contribution in [2.24, 2.45) is 0 Å². The number of nitrogens with zero attached hydrogens (tertiary/aromatic N) is 2. The van der Waals surface area contributed by atoms with Crippen molar-refractivity contribution >= 4 is 5.95 Å². The molecule has 0 saturated carbocycles. The van der Waals surface area contributed by atoms with Crippen LogP contribution >= 0.6 is 0 Å². The van der Waals surface area contributed by atoms with Crippen LogP contribution in [0.15, 0.2) is 42.7 Å². The predicted octanol–water partition coefficient (Wildman–Crippen LogP) is 3.86. The third kappa shape index (κ3) is 2.92. The van der Waals surface area contributed by atoms with E-state index in [0.29, 0.717) is 0 Å². The fourth-order valence-corrected chi connectivity index (χ4v) is 2.18. The summed E-state index contributed by atoms with van der Waals surface area (Å²) in [5.41, 5.74) is 1.19. The smallest absolute Gasteiger partial charge is 0.207 e. The quantitative estimate of drug-likeness (QED) is 0.864. The van der Waals surface area contributed by atoms with Gasteiger partial charge in [-0.05, 0) is 32.4 Å². The van der Waals surface area contributed by atoms with Crippen LogP contribution in [0.3, 0.4) is 0 Å². The molecule has 2 aromatic rings. The van der Waals surface area contributed by atoms with Crippen molar-refractivity contribution in [1.82, 2.24) is 9.55 Å². The Bertz CT molecular complexity index is 485. The molecule has 0 fully saturated rings. The molecule has 1 aromatic carbocycles. The minimum absolute atomic E-state index is 0.0621. The van der Waals surface area contributed by atoms with Gasteiger partial charge < -0.3 is 5.32 Å². The number of aromatic nitrogens is 2. The summed E-state index contributed by atoms with van der Waals surface area (Å²) in [4.78, 5) is 4.41. The molecular weight excluding hydrogens is 222 g/mol. The van der Waals surface area contributed by atoms with Gasteiger partial charge in [-0.2, -0.15) is 0 Å². The first-order valence-electron chi connectivity index (χ1n) is 6.49. The molecule has 1 heterocycles. The molecule has 96 valence electrons. The molecule has 2 rings (SSSR count). The first kappa shape index (κ1) is 12.7. The Morgan fingerprint density at radius 1 is 1.22 bits per heavy atom. The Hall–Kier alpha value is -1.77. The number of para-hydroxylation sites is 1. The molecule has 0 spiro atoms. The minimum atomic E-state index is 0.0621. The van der Waals surface area contributed by atoms with Gasteiger partial charge in [0.15, 0.2) is 0 Å². The van der Waals surface area contributed by atoms with E-state index in [2.05, 4.69) is 47.8 Å². The zero-order valence-corrected chi connectivity index (χ0v) is 11.4. The highest BCUT2D eigenvalue weighted by Gasteiger charge is 2.18. The molecule has 3 nitrogen and oxygen atoms in total. The average molecular weight is 243 g/mol. The second-order valence-corrected chi connectivity index (χ2v) is 5.22. The minimum Gasteiger partial charge on any atom is -0.350 e. The van der Waals surface area contributed by atoms with Crippen molar-refractivity contribution in [3.8, 4) is 5.69 Å². The van der Waals surface area contributed by atoms with E-state index in [4.69, 9.17) is 0 Å². The first-order valence-corrected chi connectivity index (χ1v) is 6.49. The highest BCUT2D eigenvalue weighted by molar-refractivity contribution is 5.42. The average Bonchev–Trinajstić information content (AvgIpc) is 2.77. The molecule has 0 radical (unpaired) electrons. The molecule has 3 heteroatoms. The van der Waals surface area contributed by atoms with E-state index in [-0.39, 0.29) is 5.54 Å².